The van der Waals surface area contributed by atoms with E-state index in [0.29, 0.717) is 23.1 Å². The second-order valence-electron chi connectivity index (χ2n) is 5.47. The van der Waals surface area contributed by atoms with E-state index in [-0.39, 0.29) is 31.3 Å². The van der Waals surface area contributed by atoms with Gasteiger partial charge in [-0.25, -0.2) is 0 Å². The lowest BCUT2D eigenvalue weighted by molar-refractivity contribution is -0.144. The summed E-state index contributed by atoms with van der Waals surface area (Å²) >= 11 is 11.9. The van der Waals surface area contributed by atoms with E-state index >= 15 is 0 Å². The zero-order valence-corrected chi connectivity index (χ0v) is 15.1. The third-order valence-electron chi connectivity index (χ3n) is 3.54. The highest BCUT2D eigenvalue weighted by atomic mass is 35.5. The molecule has 0 bridgehead atoms. The highest BCUT2D eigenvalue weighted by molar-refractivity contribution is 6.35. The SMILES string of the molecule is O=C(CCC(=O)OCCc1ccccc1)NCc1ccc(Cl)cc1Cl. The van der Waals surface area contributed by atoms with Gasteiger partial charge >= 0.3 is 5.97 Å². The first-order valence-electron chi connectivity index (χ1n) is 7.95. The summed E-state index contributed by atoms with van der Waals surface area (Å²) in [6.45, 7) is 0.600. The molecular formula is C19H19Cl2NO3. The van der Waals surface area contributed by atoms with Gasteiger partial charge in [0.1, 0.15) is 0 Å². The molecular weight excluding hydrogens is 361 g/mol. The quantitative estimate of drug-likeness (QED) is 0.700. The van der Waals surface area contributed by atoms with Crippen LogP contribution in [0.15, 0.2) is 48.5 Å². The molecule has 0 radical (unpaired) electrons. The first kappa shape index (κ1) is 19.3. The van der Waals surface area contributed by atoms with Gasteiger partial charge < -0.3 is 10.1 Å². The average molecular weight is 380 g/mol. The monoisotopic (exact) mass is 379 g/mol. The summed E-state index contributed by atoms with van der Waals surface area (Å²) in [7, 11) is 0. The summed E-state index contributed by atoms with van der Waals surface area (Å²) in [5, 5.41) is 3.76. The molecule has 132 valence electrons. The summed E-state index contributed by atoms with van der Waals surface area (Å²) in [5.74, 6) is -0.610. The van der Waals surface area contributed by atoms with E-state index in [9.17, 15) is 9.59 Å². The number of benzene rings is 2. The van der Waals surface area contributed by atoms with Crippen molar-refractivity contribution in [2.75, 3.05) is 6.61 Å². The van der Waals surface area contributed by atoms with E-state index in [1.54, 1.807) is 18.2 Å². The summed E-state index contributed by atoms with van der Waals surface area (Å²) in [6.07, 6.45) is 0.790. The summed E-state index contributed by atoms with van der Waals surface area (Å²) in [4.78, 5) is 23.5. The van der Waals surface area contributed by atoms with Crippen LogP contribution in [-0.2, 0) is 27.3 Å². The molecule has 0 heterocycles. The van der Waals surface area contributed by atoms with Crippen LogP contribution in [0.5, 0.6) is 0 Å². The number of hydrogen-bond acceptors (Lipinski definition) is 3. The van der Waals surface area contributed by atoms with Gasteiger partial charge in [0.15, 0.2) is 0 Å². The van der Waals surface area contributed by atoms with Gasteiger partial charge in [-0.05, 0) is 23.3 Å². The Kier molecular flexibility index (Phi) is 7.76. The molecule has 0 unspecified atom stereocenters. The van der Waals surface area contributed by atoms with Crippen molar-refractivity contribution in [3.63, 3.8) is 0 Å². The van der Waals surface area contributed by atoms with Crippen LogP contribution < -0.4 is 5.32 Å². The minimum absolute atomic E-state index is 0.0506. The number of esters is 1. The van der Waals surface area contributed by atoms with Gasteiger partial charge in [0.05, 0.1) is 13.0 Å². The molecule has 25 heavy (non-hydrogen) atoms. The Bertz CT molecular complexity index is 720. The van der Waals surface area contributed by atoms with E-state index in [1.165, 1.54) is 0 Å². The number of carbonyl (C=O) groups excluding carboxylic acids is 2. The van der Waals surface area contributed by atoms with Gasteiger partial charge in [0, 0.05) is 29.4 Å². The van der Waals surface area contributed by atoms with Gasteiger partial charge in [0.2, 0.25) is 5.91 Å². The minimum Gasteiger partial charge on any atom is -0.465 e. The third kappa shape index (κ3) is 7.16. The standard InChI is InChI=1S/C19H19Cl2NO3/c20-16-7-6-15(17(21)12-16)13-22-18(23)8-9-19(24)25-11-10-14-4-2-1-3-5-14/h1-7,12H,8-11,13H2,(H,22,23). The van der Waals surface area contributed by atoms with E-state index in [0.717, 1.165) is 11.1 Å². The van der Waals surface area contributed by atoms with E-state index in [2.05, 4.69) is 5.32 Å². The maximum Gasteiger partial charge on any atom is 0.306 e. The number of amides is 1. The van der Waals surface area contributed by atoms with Crippen LogP contribution >= 0.6 is 23.2 Å². The lowest BCUT2D eigenvalue weighted by Gasteiger charge is -2.08. The smallest absolute Gasteiger partial charge is 0.306 e. The Morgan fingerprint density at radius 2 is 1.76 bits per heavy atom. The van der Waals surface area contributed by atoms with Crippen molar-refractivity contribution < 1.29 is 14.3 Å². The largest absolute Gasteiger partial charge is 0.465 e. The fourth-order valence-corrected chi connectivity index (χ4v) is 2.64. The molecule has 0 atom stereocenters. The van der Waals surface area contributed by atoms with Gasteiger partial charge in [-0.3, -0.25) is 9.59 Å². The Morgan fingerprint density at radius 3 is 2.48 bits per heavy atom. The Hall–Kier alpha value is -2.04. The number of hydrogen-bond donors (Lipinski definition) is 1. The molecule has 1 N–H and O–H groups in total. The normalized spacial score (nSPS) is 10.3. The van der Waals surface area contributed by atoms with Crippen LogP contribution in [0.25, 0.3) is 0 Å². The molecule has 6 heteroatoms. The number of halogens is 2. The van der Waals surface area contributed by atoms with Gasteiger partial charge in [-0.2, -0.15) is 0 Å². The van der Waals surface area contributed by atoms with Gasteiger partial charge in [-0.15, -0.1) is 0 Å². The summed E-state index contributed by atoms with van der Waals surface area (Å²) in [5.41, 5.74) is 1.87. The van der Waals surface area contributed by atoms with Crippen molar-refractivity contribution in [3.05, 3.63) is 69.7 Å². The van der Waals surface area contributed by atoms with Crippen LogP contribution in [0.4, 0.5) is 0 Å². The van der Waals surface area contributed by atoms with Crippen LogP contribution in [0, 0.1) is 0 Å². The molecule has 0 aliphatic heterocycles. The zero-order valence-electron chi connectivity index (χ0n) is 13.6. The average Bonchev–Trinajstić information content (AvgIpc) is 2.60. The Labute approximate surface area is 157 Å². The predicted octanol–water partition coefficient (Wildman–Crippen LogP) is 4.18. The van der Waals surface area contributed by atoms with E-state index < -0.39 is 0 Å². The second kappa shape index (κ2) is 10.1. The Morgan fingerprint density at radius 1 is 1.00 bits per heavy atom. The van der Waals surface area contributed by atoms with Crippen LogP contribution in [0.2, 0.25) is 10.0 Å². The molecule has 1 amide bonds. The van der Waals surface area contributed by atoms with Crippen LogP contribution in [0.3, 0.4) is 0 Å². The first-order valence-corrected chi connectivity index (χ1v) is 8.70. The van der Waals surface area contributed by atoms with Crippen molar-refractivity contribution in [3.8, 4) is 0 Å². The van der Waals surface area contributed by atoms with Crippen molar-refractivity contribution in [2.24, 2.45) is 0 Å². The topological polar surface area (TPSA) is 55.4 Å². The highest BCUT2D eigenvalue weighted by Gasteiger charge is 2.09. The van der Waals surface area contributed by atoms with Crippen LogP contribution in [0.1, 0.15) is 24.0 Å². The maximum atomic E-state index is 11.8. The summed E-state index contributed by atoms with van der Waals surface area (Å²) < 4.78 is 5.14. The predicted molar refractivity (Wildman–Crippen MR) is 98.6 cm³/mol. The van der Waals surface area contributed by atoms with Crippen molar-refractivity contribution in [1.82, 2.24) is 5.32 Å². The van der Waals surface area contributed by atoms with Gasteiger partial charge in [0.25, 0.3) is 0 Å². The molecule has 4 nitrogen and oxygen atoms in total. The molecule has 0 aromatic heterocycles. The van der Waals surface area contributed by atoms with Crippen molar-refractivity contribution >= 4 is 35.1 Å². The van der Waals surface area contributed by atoms with Crippen LogP contribution in [-0.4, -0.2) is 18.5 Å². The van der Waals surface area contributed by atoms with Crippen molar-refractivity contribution in [1.29, 1.82) is 0 Å². The molecule has 0 fully saturated rings. The number of nitrogens with one attached hydrogen (secondary N) is 1. The molecule has 0 saturated carbocycles. The molecule has 0 aliphatic carbocycles. The fraction of sp³-hybridized carbons (Fsp3) is 0.263. The summed E-state index contributed by atoms with van der Waals surface area (Å²) in [6, 6.07) is 14.8. The zero-order chi connectivity index (χ0) is 18.1. The number of ether oxygens (including phenoxy) is 1. The first-order chi connectivity index (χ1) is 12.0. The molecule has 0 saturated heterocycles. The minimum atomic E-state index is -0.379. The molecule has 0 spiro atoms. The lowest BCUT2D eigenvalue weighted by atomic mass is 10.2. The number of rotatable bonds is 8. The second-order valence-corrected chi connectivity index (χ2v) is 6.31. The lowest BCUT2D eigenvalue weighted by Crippen LogP contribution is -2.23. The van der Waals surface area contributed by atoms with E-state index in [4.69, 9.17) is 27.9 Å². The molecule has 2 aromatic carbocycles. The fourth-order valence-electron chi connectivity index (χ4n) is 2.16. The highest BCUT2D eigenvalue weighted by Crippen LogP contribution is 2.20. The van der Waals surface area contributed by atoms with Crippen molar-refractivity contribution in [2.45, 2.75) is 25.8 Å². The Balaban J connectivity index is 1.63. The van der Waals surface area contributed by atoms with Gasteiger partial charge in [-0.1, -0.05) is 59.6 Å². The van der Waals surface area contributed by atoms with E-state index in [1.807, 2.05) is 30.3 Å². The molecule has 2 rings (SSSR count). The molecule has 2 aromatic rings. The maximum absolute atomic E-state index is 11.8. The third-order valence-corrected chi connectivity index (χ3v) is 4.13. The number of carbonyl (C=O) groups is 2. The molecule has 0 aliphatic rings.